The van der Waals surface area contributed by atoms with Crippen molar-refractivity contribution in [3.63, 3.8) is 0 Å². The molecule has 0 aliphatic rings. The quantitative estimate of drug-likeness (QED) is 0.536. The first-order valence-electron chi connectivity index (χ1n) is 7.10. The van der Waals surface area contributed by atoms with Crippen LogP contribution in [-0.4, -0.2) is 14.6 Å². The average molecular weight is 329 g/mol. The number of benzene rings is 1. The third-order valence-corrected chi connectivity index (χ3v) is 3.64. The van der Waals surface area contributed by atoms with E-state index in [9.17, 15) is 13.2 Å². The molecular formula is C17H10F3N3O. The number of alkyl halides is 3. The average Bonchev–Trinajstić information content (AvgIpc) is 3.23. The minimum atomic E-state index is -4.47. The Hall–Kier alpha value is -3.09. The van der Waals surface area contributed by atoms with Gasteiger partial charge in [0.2, 0.25) is 5.82 Å². The summed E-state index contributed by atoms with van der Waals surface area (Å²) in [6, 6.07) is 14.2. The van der Waals surface area contributed by atoms with Crippen LogP contribution in [0, 0.1) is 0 Å². The monoisotopic (exact) mass is 329 g/mol. The highest BCUT2D eigenvalue weighted by Crippen LogP contribution is 2.35. The van der Waals surface area contributed by atoms with E-state index >= 15 is 0 Å². The molecule has 0 radical (unpaired) electrons. The molecule has 24 heavy (non-hydrogen) atoms. The number of nitrogens with zero attached hydrogens (tertiary/aromatic N) is 3. The summed E-state index contributed by atoms with van der Waals surface area (Å²) < 4.78 is 46.5. The summed E-state index contributed by atoms with van der Waals surface area (Å²) in [6.07, 6.45) is -3.00. The second-order valence-corrected chi connectivity index (χ2v) is 5.19. The molecule has 0 fully saturated rings. The van der Waals surface area contributed by atoms with Crippen molar-refractivity contribution in [1.82, 2.24) is 14.6 Å². The lowest BCUT2D eigenvalue weighted by atomic mass is 10.1. The Bertz CT molecular complexity index is 989. The maximum Gasteiger partial charge on any atom is 0.416 e. The molecule has 4 rings (SSSR count). The van der Waals surface area contributed by atoms with Crippen molar-refractivity contribution in [3.8, 4) is 22.8 Å². The van der Waals surface area contributed by atoms with Crippen LogP contribution in [0.25, 0.3) is 28.5 Å². The fourth-order valence-corrected chi connectivity index (χ4v) is 2.57. The highest BCUT2D eigenvalue weighted by molar-refractivity contribution is 5.69. The number of fused-ring (bicyclic) bond motifs is 1. The minimum absolute atomic E-state index is 0.107. The summed E-state index contributed by atoms with van der Waals surface area (Å²) >= 11 is 0. The van der Waals surface area contributed by atoms with E-state index in [1.54, 1.807) is 46.9 Å². The fraction of sp³-hybridized carbons (Fsp3) is 0.0588. The predicted molar refractivity (Wildman–Crippen MR) is 81.1 cm³/mol. The summed E-state index contributed by atoms with van der Waals surface area (Å²) in [7, 11) is 0. The lowest BCUT2D eigenvalue weighted by Gasteiger charge is -2.12. The molecule has 4 nitrogen and oxygen atoms in total. The van der Waals surface area contributed by atoms with Gasteiger partial charge in [0.15, 0.2) is 11.4 Å². The van der Waals surface area contributed by atoms with Crippen LogP contribution in [0.3, 0.4) is 0 Å². The summed E-state index contributed by atoms with van der Waals surface area (Å²) in [5.74, 6) is 0.780. The van der Waals surface area contributed by atoms with Crippen molar-refractivity contribution in [2.24, 2.45) is 0 Å². The van der Waals surface area contributed by atoms with Crippen LogP contribution in [0.4, 0.5) is 13.2 Å². The largest absolute Gasteiger partial charge is 0.461 e. The van der Waals surface area contributed by atoms with Gasteiger partial charge in [0.05, 0.1) is 17.5 Å². The fourth-order valence-electron chi connectivity index (χ4n) is 2.57. The van der Waals surface area contributed by atoms with Crippen molar-refractivity contribution in [2.75, 3.05) is 0 Å². The Morgan fingerprint density at radius 3 is 2.38 bits per heavy atom. The van der Waals surface area contributed by atoms with E-state index in [1.165, 1.54) is 6.26 Å². The zero-order chi connectivity index (χ0) is 16.7. The smallest absolute Gasteiger partial charge is 0.416 e. The van der Waals surface area contributed by atoms with Crippen LogP contribution in [-0.2, 0) is 6.18 Å². The molecule has 0 saturated heterocycles. The predicted octanol–water partition coefficient (Wildman–Crippen LogP) is 4.68. The van der Waals surface area contributed by atoms with Crippen LogP contribution in [0.5, 0.6) is 0 Å². The van der Waals surface area contributed by atoms with Gasteiger partial charge in [-0.1, -0.05) is 30.3 Å². The highest BCUT2D eigenvalue weighted by Gasteiger charge is 2.32. The summed E-state index contributed by atoms with van der Waals surface area (Å²) in [6.45, 7) is 0. The van der Waals surface area contributed by atoms with E-state index in [-0.39, 0.29) is 5.65 Å². The number of pyridine rings is 1. The van der Waals surface area contributed by atoms with Crippen molar-refractivity contribution in [2.45, 2.75) is 6.18 Å². The second-order valence-electron chi connectivity index (χ2n) is 5.19. The number of rotatable bonds is 2. The Morgan fingerprint density at radius 2 is 1.71 bits per heavy atom. The SMILES string of the molecule is FC(F)(F)c1cc(-c2ccccc2)n2c(-c3ccco3)nnc2c1. The van der Waals surface area contributed by atoms with Crippen LogP contribution in [0.1, 0.15) is 5.56 Å². The molecule has 3 heterocycles. The lowest BCUT2D eigenvalue weighted by Crippen LogP contribution is -2.07. The lowest BCUT2D eigenvalue weighted by molar-refractivity contribution is -0.137. The Kier molecular flexibility index (Phi) is 3.16. The normalized spacial score (nSPS) is 12.0. The standard InChI is InChI=1S/C17H10F3N3O/c18-17(19,20)12-9-13(11-5-2-1-3-6-11)23-15(10-12)21-22-16(23)14-7-4-8-24-14/h1-10H. The first kappa shape index (κ1) is 14.5. The molecule has 0 aliphatic carbocycles. The van der Waals surface area contributed by atoms with Crippen molar-refractivity contribution in [3.05, 3.63) is 66.4 Å². The van der Waals surface area contributed by atoms with Gasteiger partial charge in [-0.15, -0.1) is 10.2 Å². The molecule has 0 unspecified atom stereocenters. The molecular weight excluding hydrogens is 319 g/mol. The van der Waals surface area contributed by atoms with Gasteiger partial charge >= 0.3 is 6.18 Å². The van der Waals surface area contributed by atoms with Gasteiger partial charge in [-0.2, -0.15) is 13.2 Å². The van der Waals surface area contributed by atoms with Crippen LogP contribution in [0.2, 0.25) is 0 Å². The molecule has 120 valence electrons. The second kappa shape index (κ2) is 5.23. The Labute approximate surface area is 134 Å². The van der Waals surface area contributed by atoms with E-state index in [2.05, 4.69) is 10.2 Å². The van der Waals surface area contributed by atoms with E-state index in [0.29, 0.717) is 22.8 Å². The summed E-state index contributed by atoms with van der Waals surface area (Å²) in [5.41, 5.74) is 0.306. The maximum absolute atomic E-state index is 13.2. The van der Waals surface area contributed by atoms with Gasteiger partial charge in [-0.3, -0.25) is 4.40 Å². The van der Waals surface area contributed by atoms with Crippen molar-refractivity contribution >= 4 is 5.65 Å². The molecule has 3 aromatic heterocycles. The van der Waals surface area contributed by atoms with E-state index in [1.807, 2.05) is 0 Å². The van der Waals surface area contributed by atoms with Gasteiger partial charge in [0.1, 0.15) is 0 Å². The van der Waals surface area contributed by atoms with Crippen molar-refractivity contribution < 1.29 is 17.6 Å². The molecule has 0 amide bonds. The summed E-state index contributed by atoms with van der Waals surface area (Å²) in [4.78, 5) is 0. The van der Waals surface area contributed by atoms with E-state index in [0.717, 1.165) is 12.1 Å². The molecule has 1 aromatic carbocycles. The van der Waals surface area contributed by atoms with E-state index < -0.39 is 11.7 Å². The number of furan rings is 1. The van der Waals surface area contributed by atoms with Crippen LogP contribution >= 0.6 is 0 Å². The zero-order valence-corrected chi connectivity index (χ0v) is 12.2. The first-order chi connectivity index (χ1) is 11.5. The minimum Gasteiger partial charge on any atom is -0.461 e. The van der Waals surface area contributed by atoms with Gasteiger partial charge in [-0.25, -0.2) is 0 Å². The van der Waals surface area contributed by atoms with Gasteiger partial charge in [-0.05, 0) is 29.8 Å². The molecule has 0 bridgehead atoms. The maximum atomic E-state index is 13.2. The number of hydrogen-bond acceptors (Lipinski definition) is 3. The number of aromatic nitrogens is 3. The molecule has 0 spiro atoms. The van der Waals surface area contributed by atoms with Gasteiger partial charge in [0.25, 0.3) is 0 Å². The molecule has 0 atom stereocenters. The topological polar surface area (TPSA) is 43.3 Å². The highest BCUT2D eigenvalue weighted by atomic mass is 19.4. The van der Waals surface area contributed by atoms with Crippen molar-refractivity contribution in [1.29, 1.82) is 0 Å². The van der Waals surface area contributed by atoms with Crippen LogP contribution in [0.15, 0.2) is 65.3 Å². The third-order valence-electron chi connectivity index (χ3n) is 3.64. The molecule has 7 heteroatoms. The first-order valence-corrected chi connectivity index (χ1v) is 7.10. The molecule has 0 N–H and O–H groups in total. The molecule has 0 aliphatic heterocycles. The number of halogens is 3. The zero-order valence-electron chi connectivity index (χ0n) is 12.2. The Morgan fingerprint density at radius 1 is 0.917 bits per heavy atom. The van der Waals surface area contributed by atoms with Crippen LogP contribution < -0.4 is 0 Å². The van der Waals surface area contributed by atoms with Gasteiger partial charge < -0.3 is 4.42 Å². The molecule has 4 aromatic rings. The third kappa shape index (κ3) is 2.34. The summed E-state index contributed by atoms with van der Waals surface area (Å²) in [5, 5.41) is 7.89. The van der Waals surface area contributed by atoms with E-state index in [4.69, 9.17) is 4.42 Å². The number of hydrogen-bond donors (Lipinski definition) is 0. The molecule has 0 saturated carbocycles. The van der Waals surface area contributed by atoms with Gasteiger partial charge in [0, 0.05) is 0 Å². The Balaban J connectivity index is 2.07.